The molecule has 0 aromatic heterocycles. The van der Waals surface area contributed by atoms with Crippen molar-refractivity contribution in [1.82, 2.24) is 9.62 Å². The van der Waals surface area contributed by atoms with Gasteiger partial charge in [0.2, 0.25) is 10.0 Å². The molecule has 0 aliphatic rings. The molecule has 2 rings (SSSR count). The van der Waals surface area contributed by atoms with Gasteiger partial charge in [-0.25, -0.2) is 12.8 Å². The maximum absolute atomic E-state index is 13.7. The van der Waals surface area contributed by atoms with Gasteiger partial charge in [-0.3, -0.25) is 4.79 Å². The Balaban J connectivity index is 2.00. The highest BCUT2D eigenvalue weighted by atomic mass is 35.5. The molecular weight excluding hydrogens is 367 g/mol. The number of benzene rings is 2. The third-order valence-electron chi connectivity index (χ3n) is 3.51. The van der Waals surface area contributed by atoms with Crippen molar-refractivity contribution in [1.29, 1.82) is 0 Å². The molecule has 0 saturated carbocycles. The number of carbonyl (C=O) groups is 1. The highest BCUT2D eigenvalue weighted by molar-refractivity contribution is 7.88. The van der Waals surface area contributed by atoms with Crippen LogP contribution in [-0.2, 0) is 16.6 Å². The molecule has 0 saturated heterocycles. The van der Waals surface area contributed by atoms with Gasteiger partial charge < -0.3 is 5.32 Å². The molecule has 0 bridgehead atoms. The molecule has 134 valence electrons. The van der Waals surface area contributed by atoms with E-state index in [4.69, 9.17) is 11.6 Å². The number of hydrogen-bond acceptors (Lipinski definition) is 3. The number of nitrogens with one attached hydrogen (secondary N) is 1. The fourth-order valence-electron chi connectivity index (χ4n) is 2.25. The van der Waals surface area contributed by atoms with Gasteiger partial charge in [-0.1, -0.05) is 48.0 Å². The van der Waals surface area contributed by atoms with Gasteiger partial charge in [-0.15, -0.1) is 0 Å². The van der Waals surface area contributed by atoms with Crippen molar-refractivity contribution in [2.45, 2.75) is 6.54 Å². The summed E-state index contributed by atoms with van der Waals surface area (Å²) in [4.78, 5) is 12.1. The molecule has 0 heterocycles. The average Bonchev–Trinajstić information content (AvgIpc) is 2.54. The maximum atomic E-state index is 13.7. The SMILES string of the molecule is CS(=O)(=O)N(CCNC(=O)c1c(F)cccc1Cl)Cc1ccccc1. The molecule has 0 aliphatic heterocycles. The first-order chi connectivity index (χ1) is 11.8. The van der Waals surface area contributed by atoms with Crippen molar-refractivity contribution >= 4 is 27.5 Å². The highest BCUT2D eigenvalue weighted by Gasteiger charge is 2.19. The Morgan fingerprint density at radius 2 is 1.84 bits per heavy atom. The Morgan fingerprint density at radius 1 is 1.16 bits per heavy atom. The van der Waals surface area contributed by atoms with Crippen LogP contribution in [0.25, 0.3) is 0 Å². The van der Waals surface area contributed by atoms with Crippen molar-refractivity contribution in [3.8, 4) is 0 Å². The average molecular weight is 385 g/mol. The number of carbonyl (C=O) groups excluding carboxylic acids is 1. The van der Waals surface area contributed by atoms with Gasteiger partial charge in [0.25, 0.3) is 5.91 Å². The van der Waals surface area contributed by atoms with Gasteiger partial charge in [-0.2, -0.15) is 4.31 Å². The van der Waals surface area contributed by atoms with Crippen LogP contribution in [0.3, 0.4) is 0 Å². The van der Waals surface area contributed by atoms with E-state index in [1.807, 2.05) is 30.3 Å². The fourth-order valence-corrected chi connectivity index (χ4v) is 3.30. The van der Waals surface area contributed by atoms with Crippen molar-refractivity contribution in [2.75, 3.05) is 19.3 Å². The van der Waals surface area contributed by atoms with E-state index >= 15 is 0 Å². The minimum absolute atomic E-state index is 0.00162. The van der Waals surface area contributed by atoms with E-state index < -0.39 is 21.7 Å². The molecule has 0 aliphatic carbocycles. The van der Waals surface area contributed by atoms with E-state index in [0.717, 1.165) is 17.9 Å². The molecule has 25 heavy (non-hydrogen) atoms. The number of nitrogens with zero attached hydrogens (tertiary/aromatic N) is 1. The predicted octanol–water partition coefficient (Wildman–Crippen LogP) is 2.67. The second-order valence-corrected chi connectivity index (χ2v) is 7.82. The Kier molecular flexibility index (Phi) is 6.52. The summed E-state index contributed by atoms with van der Waals surface area (Å²) in [5, 5.41) is 2.50. The van der Waals surface area contributed by atoms with Gasteiger partial charge in [-0.05, 0) is 17.7 Å². The molecule has 1 N–H and O–H groups in total. The summed E-state index contributed by atoms with van der Waals surface area (Å²) in [7, 11) is -3.46. The number of halogens is 2. The van der Waals surface area contributed by atoms with Gasteiger partial charge >= 0.3 is 0 Å². The molecule has 0 radical (unpaired) electrons. The Morgan fingerprint density at radius 3 is 2.44 bits per heavy atom. The van der Waals surface area contributed by atoms with Gasteiger partial charge in [0.05, 0.1) is 16.8 Å². The first-order valence-electron chi connectivity index (χ1n) is 7.50. The van der Waals surface area contributed by atoms with Crippen LogP contribution in [0, 0.1) is 5.82 Å². The first kappa shape index (κ1) is 19.4. The second-order valence-electron chi connectivity index (χ2n) is 5.43. The lowest BCUT2D eigenvalue weighted by Crippen LogP contribution is -2.38. The number of hydrogen-bond donors (Lipinski definition) is 1. The smallest absolute Gasteiger partial charge is 0.255 e. The molecule has 2 aromatic carbocycles. The fraction of sp³-hybridized carbons (Fsp3) is 0.235. The number of amides is 1. The van der Waals surface area contributed by atoms with Crippen LogP contribution < -0.4 is 5.32 Å². The zero-order valence-corrected chi connectivity index (χ0v) is 15.1. The van der Waals surface area contributed by atoms with Crippen LogP contribution in [0.1, 0.15) is 15.9 Å². The molecule has 0 atom stereocenters. The summed E-state index contributed by atoms with van der Waals surface area (Å²) < 4.78 is 38.8. The van der Waals surface area contributed by atoms with Gasteiger partial charge in [0.1, 0.15) is 5.82 Å². The Hall–Kier alpha value is -1.96. The minimum atomic E-state index is -3.46. The first-order valence-corrected chi connectivity index (χ1v) is 9.73. The number of sulfonamides is 1. The Bertz CT molecular complexity index is 824. The quantitative estimate of drug-likeness (QED) is 0.798. The van der Waals surface area contributed by atoms with E-state index in [0.29, 0.717) is 0 Å². The largest absolute Gasteiger partial charge is 0.351 e. The third-order valence-corrected chi connectivity index (χ3v) is 5.07. The number of rotatable bonds is 7. The van der Waals surface area contributed by atoms with Crippen molar-refractivity contribution in [3.63, 3.8) is 0 Å². The molecule has 0 unspecified atom stereocenters. The van der Waals surface area contributed by atoms with E-state index in [1.165, 1.54) is 16.4 Å². The molecular formula is C17H18ClFN2O3S. The van der Waals surface area contributed by atoms with E-state index in [-0.39, 0.29) is 30.2 Å². The summed E-state index contributed by atoms with van der Waals surface area (Å²) in [5.41, 5.74) is 0.578. The molecule has 1 amide bonds. The topological polar surface area (TPSA) is 66.5 Å². The molecule has 8 heteroatoms. The summed E-state index contributed by atoms with van der Waals surface area (Å²) in [6, 6.07) is 13.1. The molecule has 0 spiro atoms. The van der Waals surface area contributed by atoms with E-state index in [9.17, 15) is 17.6 Å². The van der Waals surface area contributed by atoms with Crippen molar-refractivity contribution < 1.29 is 17.6 Å². The zero-order valence-electron chi connectivity index (χ0n) is 13.6. The lowest BCUT2D eigenvalue weighted by molar-refractivity contribution is 0.0947. The van der Waals surface area contributed by atoms with Crippen LogP contribution in [0.4, 0.5) is 4.39 Å². The monoisotopic (exact) mass is 384 g/mol. The highest BCUT2D eigenvalue weighted by Crippen LogP contribution is 2.18. The Labute approximate surface area is 151 Å². The van der Waals surface area contributed by atoms with Gasteiger partial charge in [0, 0.05) is 19.6 Å². The minimum Gasteiger partial charge on any atom is -0.351 e. The van der Waals surface area contributed by atoms with Crippen LogP contribution in [0.2, 0.25) is 5.02 Å². The summed E-state index contributed by atoms with van der Waals surface area (Å²) in [5.74, 6) is -1.41. The lowest BCUT2D eigenvalue weighted by Gasteiger charge is -2.20. The second kappa shape index (κ2) is 8.42. The summed E-state index contributed by atoms with van der Waals surface area (Å²) in [6.07, 6.45) is 1.10. The normalized spacial score (nSPS) is 11.5. The van der Waals surface area contributed by atoms with Crippen LogP contribution in [0.5, 0.6) is 0 Å². The van der Waals surface area contributed by atoms with Crippen LogP contribution in [-0.4, -0.2) is 38.0 Å². The summed E-state index contributed by atoms with van der Waals surface area (Å²) >= 11 is 5.84. The lowest BCUT2D eigenvalue weighted by atomic mass is 10.2. The van der Waals surface area contributed by atoms with Crippen molar-refractivity contribution in [2.24, 2.45) is 0 Å². The van der Waals surface area contributed by atoms with Gasteiger partial charge in [0.15, 0.2) is 0 Å². The molecule has 5 nitrogen and oxygen atoms in total. The van der Waals surface area contributed by atoms with Crippen LogP contribution in [0.15, 0.2) is 48.5 Å². The summed E-state index contributed by atoms with van der Waals surface area (Å²) in [6.45, 7) is 0.283. The standard InChI is InChI=1S/C17H18ClFN2O3S/c1-25(23,24)21(12-13-6-3-2-4-7-13)11-10-20-17(22)16-14(18)8-5-9-15(16)19/h2-9H,10-12H2,1H3,(H,20,22). The van der Waals surface area contributed by atoms with Crippen LogP contribution >= 0.6 is 11.6 Å². The van der Waals surface area contributed by atoms with Crippen molar-refractivity contribution in [3.05, 3.63) is 70.5 Å². The zero-order chi connectivity index (χ0) is 18.4. The molecule has 0 fully saturated rings. The maximum Gasteiger partial charge on any atom is 0.255 e. The molecule has 2 aromatic rings. The van der Waals surface area contributed by atoms with E-state index in [1.54, 1.807) is 0 Å². The third kappa shape index (κ3) is 5.52. The van der Waals surface area contributed by atoms with E-state index in [2.05, 4.69) is 5.32 Å². The predicted molar refractivity (Wildman–Crippen MR) is 95.4 cm³/mol.